The number of halogens is 1. The van der Waals surface area contributed by atoms with Crippen LogP contribution < -0.4 is 5.73 Å². The third-order valence-electron chi connectivity index (χ3n) is 2.63. The number of aryl methyl sites for hydroxylation is 1. The largest absolute Gasteiger partial charge is 0.383 e. The van der Waals surface area contributed by atoms with Gasteiger partial charge in [-0.25, -0.2) is 12.8 Å². The fourth-order valence-electron chi connectivity index (χ4n) is 1.64. The maximum absolute atomic E-state index is 13.7. The van der Waals surface area contributed by atoms with Crippen LogP contribution in [-0.4, -0.2) is 24.5 Å². The van der Waals surface area contributed by atoms with Crippen molar-refractivity contribution in [2.24, 2.45) is 7.05 Å². The van der Waals surface area contributed by atoms with Crippen LogP contribution in [0.25, 0.3) is 11.1 Å². The molecule has 2 rings (SSSR count). The van der Waals surface area contributed by atoms with Gasteiger partial charge < -0.3 is 5.73 Å². The Balaban J connectivity index is 2.57. The summed E-state index contributed by atoms with van der Waals surface area (Å²) in [5, 5.41) is 3.94. The molecule has 0 aliphatic rings. The maximum atomic E-state index is 13.7. The van der Waals surface area contributed by atoms with E-state index in [2.05, 4.69) is 5.10 Å². The highest BCUT2D eigenvalue weighted by Crippen LogP contribution is 2.27. The molecule has 0 bridgehead atoms. The Kier molecular flexibility index (Phi) is 2.86. The smallest absolute Gasteiger partial charge is 0.178 e. The van der Waals surface area contributed by atoms with E-state index < -0.39 is 15.7 Å². The van der Waals surface area contributed by atoms with Gasteiger partial charge in [0.15, 0.2) is 9.84 Å². The number of sulfone groups is 1. The van der Waals surface area contributed by atoms with E-state index in [-0.39, 0.29) is 4.90 Å². The van der Waals surface area contributed by atoms with Gasteiger partial charge in [-0.1, -0.05) is 6.07 Å². The minimum absolute atomic E-state index is 0.325. The van der Waals surface area contributed by atoms with E-state index in [1.165, 1.54) is 23.0 Å². The van der Waals surface area contributed by atoms with Crippen LogP contribution in [0.4, 0.5) is 10.2 Å². The summed E-state index contributed by atoms with van der Waals surface area (Å²) >= 11 is 0. The Morgan fingerprint density at radius 2 is 2.06 bits per heavy atom. The van der Waals surface area contributed by atoms with Gasteiger partial charge in [0, 0.05) is 18.9 Å². The van der Waals surface area contributed by atoms with Crippen molar-refractivity contribution in [1.82, 2.24) is 9.78 Å². The number of nitrogen functional groups attached to an aromatic ring is 1. The minimum atomic E-state index is -3.56. The average Bonchev–Trinajstić information content (AvgIpc) is 2.58. The van der Waals surface area contributed by atoms with Crippen molar-refractivity contribution in [3.05, 3.63) is 30.2 Å². The molecule has 2 N–H and O–H groups in total. The topological polar surface area (TPSA) is 78.0 Å². The van der Waals surface area contributed by atoms with Gasteiger partial charge in [0.2, 0.25) is 0 Å². The summed E-state index contributed by atoms with van der Waals surface area (Å²) in [6.45, 7) is 0. The zero-order chi connectivity index (χ0) is 13.5. The molecule has 1 aromatic heterocycles. The van der Waals surface area contributed by atoms with Crippen LogP contribution in [0.15, 0.2) is 29.3 Å². The lowest BCUT2D eigenvalue weighted by atomic mass is 10.1. The Labute approximate surface area is 104 Å². The summed E-state index contributed by atoms with van der Waals surface area (Å²) < 4.78 is 37.8. The third-order valence-corrected chi connectivity index (χ3v) is 3.76. The van der Waals surface area contributed by atoms with E-state index in [0.717, 1.165) is 12.3 Å². The lowest BCUT2D eigenvalue weighted by Crippen LogP contribution is -2.01. The number of aromatic nitrogens is 2. The van der Waals surface area contributed by atoms with Crippen LogP contribution in [0.5, 0.6) is 0 Å². The molecule has 18 heavy (non-hydrogen) atoms. The zero-order valence-electron chi connectivity index (χ0n) is 9.88. The van der Waals surface area contributed by atoms with Crippen molar-refractivity contribution in [3.63, 3.8) is 0 Å². The molecule has 1 heterocycles. The van der Waals surface area contributed by atoms with Gasteiger partial charge in [-0.15, -0.1) is 0 Å². The van der Waals surface area contributed by atoms with Gasteiger partial charge in [0.05, 0.1) is 6.20 Å². The Hall–Kier alpha value is -1.89. The molecule has 96 valence electrons. The first-order chi connectivity index (χ1) is 8.30. The standard InChI is InChI=1S/C11H12FN3O2S/c1-15-11(13)8(6-14-15)7-3-4-10(9(12)5-7)18(2,16)17/h3-6H,13H2,1-2H3. The number of rotatable bonds is 2. The van der Waals surface area contributed by atoms with Gasteiger partial charge in [-0.2, -0.15) is 5.10 Å². The molecular weight excluding hydrogens is 257 g/mol. The molecule has 0 aliphatic heterocycles. The Morgan fingerprint density at radius 3 is 2.50 bits per heavy atom. The third kappa shape index (κ3) is 2.08. The number of benzene rings is 1. The first kappa shape index (κ1) is 12.6. The summed E-state index contributed by atoms with van der Waals surface area (Å²) in [6, 6.07) is 3.88. The van der Waals surface area contributed by atoms with Crippen LogP contribution in [-0.2, 0) is 16.9 Å². The predicted octanol–water partition coefficient (Wildman–Crippen LogP) is 1.21. The number of anilines is 1. The van der Waals surface area contributed by atoms with Crippen molar-refractivity contribution < 1.29 is 12.8 Å². The van der Waals surface area contributed by atoms with Crippen molar-refractivity contribution in [2.75, 3.05) is 12.0 Å². The van der Waals surface area contributed by atoms with E-state index in [1.807, 2.05) is 0 Å². The molecule has 0 aliphatic carbocycles. The van der Waals surface area contributed by atoms with E-state index >= 15 is 0 Å². The highest BCUT2D eigenvalue weighted by Gasteiger charge is 2.16. The second kappa shape index (κ2) is 4.09. The molecule has 5 nitrogen and oxygen atoms in total. The summed E-state index contributed by atoms with van der Waals surface area (Å²) in [6.07, 6.45) is 2.47. The van der Waals surface area contributed by atoms with E-state index in [9.17, 15) is 12.8 Å². The molecule has 0 amide bonds. The molecule has 7 heteroatoms. The Morgan fingerprint density at radius 1 is 1.39 bits per heavy atom. The summed E-state index contributed by atoms with van der Waals surface area (Å²) in [4.78, 5) is -0.325. The number of hydrogen-bond acceptors (Lipinski definition) is 4. The maximum Gasteiger partial charge on any atom is 0.178 e. The number of nitrogens with two attached hydrogens (primary N) is 1. The van der Waals surface area contributed by atoms with Crippen LogP contribution in [0.3, 0.4) is 0 Å². The Bertz CT molecular complexity index is 707. The lowest BCUT2D eigenvalue weighted by Gasteiger charge is -2.04. The highest BCUT2D eigenvalue weighted by molar-refractivity contribution is 7.90. The highest BCUT2D eigenvalue weighted by atomic mass is 32.2. The second-order valence-electron chi connectivity index (χ2n) is 3.98. The van der Waals surface area contributed by atoms with Crippen LogP contribution >= 0.6 is 0 Å². The van der Waals surface area contributed by atoms with Gasteiger partial charge in [-0.3, -0.25) is 4.68 Å². The van der Waals surface area contributed by atoms with Crippen LogP contribution in [0, 0.1) is 5.82 Å². The summed E-state index contributed by atoms with van der Waals surface area (Å²) in [5.74, 6) is -0.403. The van der Waals surface area contributed by atoms with Crippen molar-refractivity contribution in [2.45, 2.75) is 4.90 Å². The van der Waals surface area contributed by atoms with E-state index in [4.69, 9.17) is 5.73 Å². The fourth-order valence-corrected chi connectivity index (χ4v) is 2.37. The quantitative estimate of drug-likeness (QED) is 0.889. The predicted molar refractivity (Wildman–Crippen MR) is 66.1 cm³/mol. The van der Waals surface area contributed by atoms with Crippen molar-refractivity contribution in [3.8, 4) is 11.1 Å². The molecule has 0 saturated carbocycles. The van der Waals surface area contributed by atoms with Gasteiger partial charge in [0.1, 0.15) is 16.5 Å². The molecular formula is C11H12FN3O2S. The van der Waals surface area contributed by atoms with Crippen LogP contribution in [0.1, 0.15) is 0 Å². The molecule has 0 atom stereocenters. The average molecular weight is 269 g/mol. The van der Waals surface area contributed by atoms with Gasteiger partial charge >= 0.3 is 0 Å². The molecule has 0 unspecified atom stereocenters. The van der Waals surface area contributed by atoms with Crippen molar-refractivity contribution >= 4 is 15.7 Å². The van der Waals surface area contributed by atoms with Gasteiger partial charge in [0.25, 0.3) is 0 Å². The first-order valence-corrected chi connectivity index (χ1v) is 6.97. The SMILES string of the molecule is Cn1ncc(-c2ccc(S(C)(=O)=O)c(F)c2)c1N. The van der Waals surface area contributed by atoms with Gasteiger partial charge in [-0.05, 0) is 17.7 Å². The number of hydrogen-bond donors (Lipinski definition) is 1. The number of nitrogens with zero attached hydrogens (tertiary/aromatic N) is 2. The van der Waals surface area contributed by atoms with E-state index in [1.54, 1.807) is 7.05 Å². The molecule has 1 aromatic carbocycles. The molecule has 0 saturated heterocycles. The summed E-state index contributed by atoms with van der Waals surface area (Å²) in [5.41, 5.74) is 6.83. The molecule has 0 spiro atoms. The van der Waals surface area contributed by atoms with Crippen LogP contribution in [0.2, 0.25) is 0 Å². The monoisotopic (exact) mass is 269 g/mol. The lowest BCUT2D eigenvalue weighted by molar-refractivity contribution is 0.571. The second-order valence-corrected chi connectivity index (χ2v) is 5.97. The molecule has 0 radical (unpaired) electrons. The fraction of sp³-hybridized carbons (Fsp3) is 0.182. The zero-order valence-corrected chi connectivity index (χ0v) is 10.7. The first-order valence-electron chi connectivity index (χ1n) is 5.08. The molecule has 0 fully saturated rings. The van der Waals surface area contributed by atoms with E-state index in [0.29, 0.717) is 16.9 Å². The summed E-state index contributed by atoms with van der Waals surface area (Å²) in [7, 11) is -1.90. The molecule has 2 aromatic rings. The minimum Gasteiger partial charge on any atom is -0.383 e. The normalized spacial score (nSPS) is 11.7. The van der Waals surface area contributed by atoms with Crippen molar-refractivity contribution in [1.29, 1.82) is 0 Å².